The third kappa shape index (κ3) is 4.72. The van der Waals surface area contributed by atoms with Crippen molar-refractivity contribution in [1.82, 2.24) is 4.90 Å². The van der Waals surface area contributed by atoms with Gasteiger partial charge in [-0.05, 0) is 49.8 Å². The topological polar surface area (TPSA) is 105 Å². The van der Waals surface area contributed by atoms with Crippen LogP contribution in [0.5, 0.6) is 0 Å². The number of morpholine rings is 1. The zero-order chi connectivity index (χ0) is 22.0. The summed E-state index contributed by atoms with van der Waals surface area (Å²) in [5.74, 6) is -1.80. The zero-order valence-corrected chi connectivity index (χ0v) is 17.5. The largest absolute Gasteiger partial charge is 0.370 e. The van der Waals surface area contributed by atoms with Crippen LogP contribution in [-0.2, 0) is 19.1 Å². The molecule has 4 rings (SSSR count). The molecule has 1 aliphatic heterocycles. The average Bonchev–Trinajstić information content (AvgIpc) is 2.65. The number of benzene rings is 1. The maximum Gasteiger partial charge on any atom is 0.253 e. The second kappa shape index (κ2) is 9.32. The predicted octanol–water partition coefficient (Wildman–Crippen LogP) is 1.64. The van der Waals surface area contributed by atoms with Crippen LogP contribution < -0.4 is 16.0 Å². The molecule has 2 aliphatic carbocycles. The SMILES string of the molecule is NC(=O)[C@@H](C(=O)Nc1ccc(N2CCOCC2=O)cc1F)N(CC1CCC1)C1CCC1. The highest BCUT2D eigenvalue weighted by Crippen LogP contribution is 2.33. The van der Waals surface area contributed by atoms with Crippen molar-refractivity contribution in [2.75, 3.05) is 36.5 Å². The fourth-order valence-electron chi connectivity index (χ4n) is 4.37. The van der Waals surface area contributed by atoms with Gasteiger partial charge in [0.15, 0.2) is 6.04 Å². The lowest BCUT2D eigenvalue weighted by Gasteiger charge is -2.43. The van der Waals surface area contributed by atoms with Gasteiger partial charge in [0.1, 0.15) is 12.4 Å². The van der Waals surface area contributed by atoms with Gasteiger partial charge < -0.3 is 20.7 Å². The van der Waals surface area contributed by atoms with Gasteiger partial charge in [-0.2, -0.15) is 0 Å². The number of nitrogens with one attached hydrogen (secondary N) is 1. The molecule has 0 unspecified atom stereocenters. The van der Waals surface area contributed by atoms with E-state index in [9.17, 15) is 18.8 Å². The third-order valence-electron chi connectivity index (χ3n) is 6.60. The Kier molecular flexibility index (Phi) is 6.52. The van der Waals surface area contributed by atoms with Crippen molar-refractivity contribution in [3.8, 4) is 0 Å². The minimum Gasteiger partial charge on any atom is -0.370 e. The zero-order valence-electron chi connectivity index (χ0n) is 17.5. The lowest BCUT2D eigenvalue weighted by molar-refractivity contribution is -0.135. The first kappa shape index (κ1) is 21.7. The van der Waals surface area contributed by atoms with Crippen molar-refractivity contribution < 1.29 is 23.5 Å². The molecule has 0 radical (unpaired) electrons. The number of rotatable bonds is 8. The molecule has 1 aromatic rings. The van der Waals surface area contributed by atoms with E-state index >= 15 is 0 Å². The molecule has 9 heteroatoms. The fourth-order valence-corrected chi connectivity index (χ4v) is 4.37. The van der Waals surface area contributed by atoms with Crippen LogP contribution in [0.1, 0.15) is 38.5 Å². The number of hydrogen-bond donors (Lipinski definition) is 2. The molecular formula is C22H29FN4O4. The highest BCUT2D eigenvalue weighted by Gasteiger charge is 2.40. The van der Waals surface area contributed by atoms with Gasteiger partial charge >= 0.3 is 0 Å². The van der Waals surface area contributed by atoms with Gasteiger partial charge in [0.2, 0.25) is 5.91 Å². The Bertz CT molecular complexity index is 856. The number of nitrogens with two attached hydrogens (primary N) is 1. The van der Waals surface area contributed by atoms with Gasteiger partial charge in [0.25, 0.3) is 11.8 Å². The first-order valence-electron chi connectivity index (χ1n) is 11.0. The summed E-state index contributed by atoms with van der Waals surface area (Å²) in [4.78, 5) is 40.6. The quantitative estimate of drug-likeness (QED) is 0.608. The molecule has 8 nitrogen and oxygen atoms in total. The smallest absolute Gasteiger partial charge is 0.253 e. The van der Waals surface area contributed by atoms with Crippen LogP contribution in [0.4, 0.5) is 15.8 Å². The van der Waals surface area contributed by atoms with Crippen LogP contribution in [0.15, 0.2) is 18.2 Å². The molecule has 3 amide bonds. The first-order chi connectivity index (χ1) is 14.9. The lowest BCUT2D eigenvalue weighted by atomic mass is 9.82. The Labute approximate surface area is 180 Å². The Morgan fingerprint density at radius 3 is 2.55 bits per heavy atom. The van der Waals surface area contributed by atoms with Crippen LogP contribution in [0.3, 0.4) is 0 Å². The number of carbonyl (C=O) groups excluding carboxylic acids is 3. The molecule has 168 valence electrons. The maximum atomic E-state index is 14.8. The molecule has 0 aromatic heterocycles. The molecule has 31 heavy (non-hydrogen) atoms. The second-order valence-corrected chi connectivity index (χ2v) is 8.63. The van der Waals surface area contributed by atoms with Crippen molar-refractivity contribution in [3.63, 3.8) is 0 Å². The Morgan fingerprint density at radius 1 is 1.26 bits per heavy atom. The Hall–Kier alpha value is -2.52. The predicted molar refractivity (Wildman–Crippen MR) is 113 cm³/mol. The minimum absolute atomic E-state index is 0.0433. The van der Waals surface area contributed by atoms with Crippen molar-refractivity contribution >= 4 is 29.1 Å². The van der Waals surface area contributed by atoms with E-state index in [2.05, 4.69) is 5.32 Å². The van der Waals surface area contributed by atoms with E-state index in [0.29, 0.717) is 31.3 Å². The summed E-state index contributed by atoms with van der Waals surface area (Å²) < 4.78 is 19.8. The minimum atomic E-state index is -1.13. The van der Waals surface area contributed by atoms with E-state index in [1.807, 2.05) is 4.90 Å². The van der Waals surface area contributed by atoms with E-state index < -0.39 is 23.7 Å². The third-order valence-corrected chi connectivity index (χ3v) is 6.60. The summed E-state index contributed by atoms with van der Waals surface area (Å²) in [6.07, 6.45) is 6.27. The molecule has 1 atom stereocenters. The van der Waals surface area contributed by atoms with Gasteiger partial charge in [-0.15, -0.1) is 0 Å². The van der Waals surface area contributed by atoms with E-state index in [1.54, 1.807) is 6.07 Å². The highest BCUT2D eigenvalue weighted by molar-refractivity contribution is 6.09. The van der Waals surface area contributed by atoms with Crippen molar-refractivity contribution in [3.05, 3.63) is 24.0 Å². The van der Waals surface area contributed by atoms with E-state index in [0.717, 1.165) is 32.1 Å². The molecule has 1 saturated heterocycles. The molecule has 0 bridgehead atoms. The molecule has 3 fully saturated rings. The molecular weight excluding hydrogens is 403 g/mol. The number of anilines is 2. The Morgan fingerprint density at radius 2 is 2.00 bits per heavy atom. The van der Waals surface area contributed by atoms with Crippen LogP contribution in [-0.4, -0.2) is 61.0 Å². The van der Waals surface area contributed by atoms with E-state index in [-0.39, 0.29) is 24.2 Å². The van der Waals surface area contributed by atoms with Crippen molar-refractivity contribution in [1.29, 1.82) is 0 Å². The number of halogens is 1. The summed E-state index contributed by atoms with van der Waals surface area (Å²) >= 11 is 0. The fraction of sp³-hybridized carbons (Fsp3) is 0.591. The monoisotopic (exact) mass is 432 g/mol. The molecule has 3 aliphatic rings. The number of hydrogen-bond acceptors (Lipinski definition) is 5. The Balaban J connectivity index is 1.49. The van der Waals surface area contributed by atoms with E-state index in [1.165, 1.54) is 23.5 Å². The molecule has 1 aromatic carbocycles. The van der Waals surface area contributed by atoms with Gasteiger partial charge in [-0.3, -0.25) is 19.3 Å². The number of primary amides is 1. The molecule has 1 heterocycles. The molecule has 2 saturated carbocycles. The lowest BCUT2D eigenvalue weighted by Crippen LogP contribution is -2.58. The standard InChI is InChI=1S/C22H29FN4O4/c23-17-11-16(26-9-10-31-13-19(26)28)7-8-18(17)25-22(30)20(21(24)29)27(15-5-2-6-15)12-14-3-1-4-14/h7-8,11,14-15,20H,1-6,9-10,12-13H2,(H2,24,29)(H,25,30)/t20-/m0/s1. The summed E-state index contributed by atoms with van der Waals surface area (Å²) in [7, 11) is 0. The first-order valence-corrected chi connectivity index (χ1v) is 11.0. The summed E-state index contributed by atoms with van der Waals surface area (Å²) in [6, 6.07) is 3.20. The van der Waals surface area contributed by atoms with Crippen molar-refractivity contribution in [2.45, 2.75) is 50.6 Å². The van der Waals surface area contributed by atoms with Gasteiger partial charge in [-0.25, -0.2) is 4.39 Å². The molecule has 3 N–H and O–H groups in total. The maximum absolute atomic E-state index is 14.8. The van der Waals surface area contributed by atoms with Crippen LogP contribution in [0.25, 0.3) is 0 Å². The highest BCUT2D eigenvalue weighted by atomic mass is 19.1. The molecule has 0 spiro atoms. The van der Waals surface area contributed by atoms with Crippen molar-refractivity contribution in [2.24, 2.45) is 11.7 Å². The number of carbonyl (C=O) groups is 3. The van der Waals surface area contributed by atoms with Crippen LogP contribution >= 0.6 is 0 Å². The summed E-state index contributed by atoms with van der Waals surface area (Å²) in [5.41, 5.74) is 5.98. The number of ether oxygens (including phenoxy) is 1. The van der Waals surface area contributed by atoms with Gasteiger partial charge in [0, 0.05) is 24.8 Å². The summed E-state index contributed by atoms with van der Waals surface area (Å²) in [5, 5.41) is 2.54. The van der Waals surface area contributed by atoms with Gasteiger partial charge in [-0.1, -0.05) is 12.8 Å². The normalized spacial score (nSPS) is 20.8. The van der Waals surface area contributed by atoms with E-state index in [4.69, 9.17) is 10.5 Å². The van der Waals surface area contributed by atoms with Crippen LogP contribution in [0, 0.1) is 11.7 Å². The summed E-state index contributed by atoms with van der Waals surface area (Å²) in [6.45, 7) is 1.33. The van der Waals surface area contributed by atoms with Gasteiger partial charge in [0.05, 0.1) is 12.3 Å². The average molecular weight is 432 g/mol. The number of nitrogens with zero attached hydrogens (tertiary/aromatic N) is 2. The second-order valence-electron chi connectivity index (χ2n) is 8.63. The number of amides is 3. The van der Waals surface area contributed by atoms with Crippen LogP contribution in [0.2, 0.25) is 0 Å².